The number of anilines is 1. The molecule has 0 bridgehead atoms. The Labute approximate surface area is 165 Å². The first-order valence-corrected chi connectivity index (χ1v) is 9.69. The summed E-state index contributed by atoms with van der Waals surface area (Å²) in [6.45, 7) is 7.32. The predicted molar refractivity (Wildman–Crippen MR) is 110 cm³/mol. The van der Waals surface area contributed by atoms with Crippen LogP contribution in [0.4, 0.5) is 5.82 Å². The first-order chi connectivity index (χ1) is 13.6. The lowest BCUT2D eigenvalue weighted by Crippen LogP contribution is -2.35. The number of carbonyl (C=O) groups excluding carboxylic acids is 1. The Kier molecular flexibility index (Phi) is 5.10. The van der Waals surface area contributed by atoms with Gasteiger partial charge in [-0.2, -0.15) is 5.10 Å². The van der Waals surface area contributed by atoms with E-state index in [-0.39, 0.29) is 5.91 Å². The van der Waals surface area contributed by atoms with Crippen molar-refractivity contribution in [3.05, 3.63) is 65.5 Å². The van der Waals surface area contributed by atoms with Gasteiger partial charge in [-0.15, -0.1) is 0 Å². The number of aryl methyl sites for hydroxylation is 2. The summed E-state index contributed by atoms with van der Waals surface area (Å²) < 4.78 is 0. The number of rotatable bonds is 3. The number of pyridine rings is 1. The molecule has 1 fully saturated rings. The summed E-state index contributed by atoms with van der Waals surface area (Å²) >= 11 is 0. The Morgan fingerprint density at radius 1 is 1.04 bits per heavy atom. The fraction of sp³-hybridized carbons (Fsp3) is 0.318. The second-order valence-electron chi connectivity index (χ2n) is 7.31. The molecule has 3 aromatic rings. The monoisotopic (exact) mass is 375 g/mol. The smallest absolute Gasteiger partial charge is 0.255 e. The van der Waals surface area contributed by atoms with Crippen LogP contribution < -0.4 is 4.90 Å². The second-order valence-corrected chi connectivity index (χ2v) is 7.31. The molecule has 144 valence electrons. The molecule has 0 radical (unpaired) electrons. The summed E-state index contributed by atoms with van der Waals surface area (Å²) in [4.78, 5) is 20.9. The number of amides is 1. The zero-order chi connectivity index (χ0) is 19.5. The van der Waals surface area contributed by atoms with Gasteiger partial charge in [0.25, 0.3) is 5.91 Å². The number of aromatic amines is 1. The average Bonchev–Trinajstić information content (AvgIpc) is 3.08. The van der Waals surface area contributed by atoms with Crippen molar-refractivity contribution in [3.8, 4) is 11.3 Å². The van der Waals surface area contributed by atoms with Crippen molar-refractivity contribution < 1.29 is 4.79 Å². The van der Waals surface area contributed by atoms with Crippen LogP contribution in [0.15, 0.2) is 48.8 Å². The van der Waals surface area contributed by atoms with E-state index in [1.807, 2.05) is 11.0 Å². The summed E-state index contributed by atoms with van der Waals surface area (Å²) in [6.07, 6.45) is 4.23. The number of carbonyl (C=O) groups is 1. The second kappa shape index (κ2) is 7.84. The highest BCUT2D eigenvalue weighted by Gasteiger charge is 2.21. The minimum absolute atomic E-state index is 0.0489. The molecule has 0 saturated carbocycles. The Morgan fingerprint density at radius 3 is 2.71 bits per heavy atom. The van der Waals surface area contributed by atoms with Gasteiger partial charge in [-0.25, -0.2) is 0 Å². The number of hydrogen-bond donors (Lipinski definition) is 1. The van der Waals surface area contributed by atoms with E-state index < -0.39 is 0 Å². The molecule has 1 amide bonds. The summed E-state index contributed by atoms with van der Waals surface area (Å²) in [5.41, 5.74) is 5.37. The van der Waals surface area contributed by atoms with Crippen LogP contribution in [-0.4, -0.2) is 52.2 Å². The van der Waals surface area contributed by atoms with Crippen LogP contribution in [-0.2, 0) is 0 Å². The molecule has 6 heteroatoms. The van der Waals surface area contributed by atoms with Crippen LogP contribution >= 0.6 is 0 Å². The van der Waals surface area contributed by atoms with Gasteiger partial charge < -0.3 is 9.80 Å². The standard InChI is InChI=1S/C22H25N5O/c1-16-6-7-18(13-17(16)2)20-14-21(25-24-20)26-9-4-10-27(12-11-26)22(28)19-5-3-8-23-15-19/h3,5-8,13-15H,4,9-12H2,1-2H3,(H,24,25). The van der Waals surface area contributed by atoms with Crippen molar-refractivity contribution in [1.82, 2.24) is 20.1 Å². The van der Waals surface area contributed by atoms with Crippen LogP contribution in [0.5, 0.6) is 0 Å². The summed E-state index contributed by atoms with van der Waals surface area (Å²) in [5, 5.41) is 7.69. The van der Waals surface area contributed by atoms with E-state index in [1.165, 1.54) is 11.1 Å². The Balaban J connectivity index is 1.45. The lowest BCUT2D eigenvalue weighted by atomic mass is 10.0. The number of H-pyrrole nitrogens is 1. The van der Waals surface area contributed by atoms with E-state index in [0.29, 0.717) is 12.1 Å². The van der Waals surface area contributed by atoms with E-state index in [0.717, 1.165) is 43.1 Å². The SMILES string of the molecule is Cc1ccc(-c2cc(N3CCCN(C(=O)c4cccnc4)CC3)n[nH]2)cc1C. The van der Waals surface area contributed by atoms with Crippen molar-refractivity contribution in [2.45, 2.75) is 20.3 Å². The Morgan fingerprint density at radius 2 is 1.93 bits per heavy atom. The van der Waals surface area contributed by atoms with Gasteiger partial charge >= 0.3 is 0 Å². The van der Waals surface area contributed by atoms with Gasteiger partial charge in [0.2, 0.25) is 0 Å². The van der Waals surface area contributed by atoms with Crippen molar-refractivity contribution in [2.24, 2.45) is 0 Å². The first kappa shape index (κ1) is 18.2. The molecule has 0 atom stereocenters. The molecule has 1 aromatic carbocycles. The molecule has 6 nitrogen and oxygen atoms in total. The number of nitrogens with zero attached hydrogens (tertiary/aromatic N) is 4. The summed E-state index contributed by atoms with van der Waals surface area (Å²) in [5.74, 6) is 0.983. The lowest BCUT2D eigenvalue weighted by molar-refractivity contribution is 0.0766. The maximum absolute atomic E-state index is 12.7. The molecule has 4 rings (SSSR count). The molecule has 3 heterocycles. The fourth-order valence-electron chi connectivity index (χ4n) is 3.55. The molecular formula is C22H25N5O. The molecule has 0 aliphatic carbocycles. The van der Waals surface area contributed by atoms with Crippen molar-refractivity contribution in [2.75, 3.05) is 31.1 Å². The number of aromatic nitrogens is 3. The van der Waals surface area contributed by atoms with Crippen molar-refractivity contribution >= 4 is 11.7 Å². The largest absolute Gasteiger partial charge is 0.353 e. The van der Waals surface area contributed by atoms with Gasteiger partial charge in [0.1, 0.15) is 0 Å². The highest BCUT2D eigenvalue weighted by molar-refractivity contribution is 5.93. The van der Waals surface area contributed by atoms with Crippen molar-refractivity contribution in [3.63, 3.8) is 0 Å². The normalized spacial score (nSPS) is 14.8. The van der Waals surface area contributed by atoms with E-state index >= 15 is 0 Å². The zero-order valence-electron chi connectivity index (χ0n) is 16.4. The first-order valence-electron chi connectivity index (χ1n) is 9.69. The maximum Gasteiger partial charge on any atom is 0.255 e. The highest BCUT2D eigenvalue weighted by Crippen LogP contribution is 2.24. The van der Waals surface area contributed by atoms with Gasteiger partial charge in [0.15, 0.2) is 5.82 Å². The van der Waals surface area contributed by atoms with Crippen LogP contribution in [0.1, 0.15) is 27.9 Å². The maximum atomic E-state index is 12.7. The van der Waals surface area contributed by atoms with Gasteiger partial charge in [-0.05, 0) is 55.2 Å². The van der Waals surface area contributed by atoms with Gasteiger partial charge in [0, 0.05) is 44.6 Å². The third-order valence-electron chi connectivity index (χ3n) is 5.40. The quantitative estimate of drug-likeness (QED) is 0.762. The molecule has 1 aliphatic rings. The summed E-state index contributed by atoms with van der Waals surface area (Å²) in [6, 6.07) is 12.2. The number of hydrogen-bond acceptors (Lipinski definition) is 4. The molecule has 28 heavy (non-hydrogen) atoms. The topological polar surface area (TPSA) is 65.1 Å². The molecule has 0 unspecified atom stereocenters. The third kappa shape index (κ3) is 3.76. The molecule has 2 aromatic heterocycles. The van der Waals surface area contributed by atoms with E-state index in [4.69, 9.17) is 0 Å². The van der Waals surface area contributed by atoms with Gasteiger partial charge in [0.05, 0.1) is 11.3 Å². The van der Waals surface area contributed by atoms with Crippen LogP contribution in [0.2, 0.25) is 0 Å². The number of benzene rings is 1. The van der Waals surface area contributed by atoms with Gasteiger partial charge in [-0.1, -0.05) is 12.1 Å². The minimum Gasteiger partial charge on any atom is -0.353 e. The molecule has 1 N–H and O–H groups in total. The van der Waals surface area contributed by atoms with Crippen LogP contribution in [0, 0.1) is 13.8 Å². The predicted octanol–water partition coefficient (Wildman–Crippen LogP) is 3.44. The van der Waals surface area contributed by atoms with Crippen LogP contribution in [0.3, 0.4) is 0 Å². The molecule has 1 saturated heterocycles. The Bertz CT molecular complexity index is 966. The highest BCUT2D eigenvalue weighted by atomic mass is 16.2. The average molecular weight is 375 g/mol. The fourth-order valence-corrected chi connectivity index (χ4v) is 3.55. The molecule has 1 aliphatic heterocycles. The van der Waals surface area contributed by atoms with Crippen molar-refractivity contribution in [1.29, 1.82) is 0 Å². The molecule has 0 spiro atoms. The third-order valence-corrected chi connectivity index (χ3v) is 5.40. The van der Waals surface area contributed by atoms with E-state index in [1.54, 1.807) is 18.5 Å². The van der Waals surface area contributed by atoms with E-state index in [2.05, 4.69) is 58.2 Å². The lowest BCUT2D eigenvalue weighted by Gasteiger charge is -2.21. The minimum atomic E-state index is 0.0489. The number of nitrogens with one attached hydrogen (secondary N) is 1. The van der Waals surface area contributed by atoms with Gasteiger partial charge in [-0.3, -0.25) is 14.9 Å². The molecular weight excluding hydrogens is 350 g/mol. The Hall–Kier alpha value is -3.15. The zero-order valence-corrected chi connectivity index (χ0v) is 16.4. The summed E-state index contributed by atoms with van der Waals surface area (Å²) in [7, 11) is 0. The van der Waals surface area contributed by atoms with E-state index in [9.17, 15) is 4.79 Å². The van der Waals surface area contributed by atoms with Crippen LogP contribution in [0.25, 0.3) is 11.3 Å².